The molecule has 3 nitrogen and oxygen atoms in total. The minimum absolute atomic E-state index is 0.374. The van der Waals surface area contributed by atoms with Gasteiger partial charge in [-0.05, 0) is 59.0 Å². The number of nitrogens with zero attached hydrogens (tertiary/aromatic N) is 1. The fourth-order valence-corrected chi connectivity index (χ4v) is 2.65. The van der Waals surface area contributed by atoms with E-state index < -0.39 is 0 Å². The Morgan fingerprint density at radius 1 is 1.10 bits per heavy atom. The van der Waals surface area contributed by atoms with Crippen molar-refractivity contribution in [3.05, 3.63) is 63.7 Å². The standard InChI is InChI=1S/C16H12IN3S/c17-10-5-7-11(8-6-10)19-15-9-13(16(18)21)12-3-1-2-4-14(12)20-15/h1-9H,(H2,18,21)(H,19,20). The van der Waals surface area contributed by atoms with E-state index in [0.717, 1.165) is 28.0 Å². The summed E-state index contributed by atoms with van der Waals surface area (Å²) in [5.74, 6) is 0.734. The zero-order valence-electron chi connectivity index (χ0n) is 11.0. The average Bonchev–Trinajstić information content (AvgIpc) is 2.48. The predicted octanol–water partition coefficient (Wildman–Crippen LogP) is 4.22. The number of nitrogens with one attached hydrogen (secondary N) is 1. The SMILES string of the molecule is NC(=S)c1cc(Nc2ccc(I)cc2)nc2ccccc12. The second-order valence-electron chi connectivity index (χ2n) is 4.57. The number of hydrogen-bond donors (Lipinski definition) is 2. The Kier molecular flexibility index (Phi) is 4.03. The van der Waals surface area contributed by atoms with Gasteiger partial charge in [0.05, 0.1) is 5.52 Å². The van der Waals surface area contributed by atoms with Gasteiger partial charge >= 0.3 is 0 Å². The average molecular weight is 405 g/mol. The van der Waals surface area contributed by atoms with Crippen LogP contribution in [0.3, 0.4) is 0 Å². The second-order valence-corrected chi connectivity index (χ2v) is 6.25. The van der Waals surface area contributed by atoms with E-state index in [2.05, 4.69) is 32.9 Å². The van der Waals surface area contributed by atoms with Gasteiger partial charge in [0.2, 0.25) is 0 Å². The normalized spacial score (nSPS) is 10.5. The van der Waals surface area contributed by atoms with Gasteiger partial charge in [-0.2, -0.15) is 0 Å². The van der Waals surface area contributed by atoms with Crippen LogP contribution in [0.5, 0.6) is 0 Å². The van der Waals surface area contributed by atoms with Crippen molar-refractivity contribution >= 4 is 62.2 Å². The topological polar surface area (TPSA) is 50.9 Å². The van der Waals surface area contributed by atoms with Crippen LogP contribution in [0.1, 0.15) is 5.56 Å². The monoisotopic (exact) mass is 405 g/mol. The lowest BCUT2D eigenvalue weighted by Crippen LogP contribution is -2.11. The van der Waals surface area contributed by atoms with Crippen LogP contribution in [0.4, 0.5) is 11.5 Å². The van der Waals surface area contributed by atoms with Crippen molar-refractivity contribution < 1.29 is 0 Å². The number of para-hydroxylation sites is 1. The molecule has 3 N–H and O–H groups in total. The van der Waals surface area contributed by atoms with Gasteiger partial charge in [-0.3, -0.25) is 0 Å². The summed E-state index contributed by atoms with van der Waals surface area (Å²) in [6.07, 6.45) is 0. The predicted molar refractivity (Wildman–Crippen MR) is 100 cm³/mol. The summed E-state index contributed by atoms with van der Waals surface area (Å²) in [6, 6.07) is 17.8. The number of aromatic nitrogens is 1. The van der Waals surface area contributed by atoms with Crippen molar-refractivity contribution in [2.45, 2.75) is 0 Å². The largest absolute Gasteiger partial charge is 0.389 e. The Morgan fingerprint density at radius 3 is 2.52 bits per heavy atom. The first-order chi connectivity index (χ1) is 10.1. The molecule has 1 heterocycles. The van der Waals surface area contributed by atoms with Crippen LogP contribution in [0.2, 0.25) is 0 Å². The Bertz CT molecular complexity index is 815. The molecule has 0 amide bonds. The molecule has 0 saturated carbocycles. The molecule has 0 bridgehead atoms. The van der Waals surface area contributed by atoms with E-state index in [0.29, 0.717) is 4.99 Å². The molecule has 21 heavy (non-hydrogen) atoms. The molecular weight excluding hydrogens is 393 g/mol. The molecule has 104 valence electrons. The van der Waals surface area contributed by atoms with Gasteiger partial charge in [-0.1, -0.05) is 30.4 Å². The summed E-state index contributed by atoms with van der Waals surface area (Å²) in [4.78, 5) is 4.98. The summed E-state index contributed by atoms with van der Waals surface area (Å²) >= 11 is 7.43. The number of halogens is 1. The van der Waals surface area contributed by atoms with Crippen LogP contribution in [0, 0.1) is 3.57 Å². The fraction of sp³-hybridized carbons (Fsp3) is 0. The molecule has 3 rings (SSSR count). The Morgan fingerprint density at radius 2 is 1.81 bits per heavy atom. The van der Waals surface area contributed by atoms with Crippen LogP contribution >= 0.6 is 34.8 Å². The molecule has 0 saturated heterocycles. The number of rotatable bonds is 3. The van der Waals surface area contributed by atoms with Gasteiger partial charge in [0.1, 0.15) is 10.8 Å². The summed E-state index contributed by atoms with van der Waals surface area (Å²) in [5, 5.41) is 4.26. The van der Waals surface area contributed by atoms with Gasteiger partial charge in [0.25, 0.3) is 0 Å². The molecule has 0 atom stereocenters. The van der Waals surface area contributed by atoms with E-state index in [9.17, 15) is 0 Å². The van der Waals surface area contributed by atoms with E-state index in [1.54, 1.807) is 0 Å². The van der Waals surface area contributed by atoms with Gasteiger partial charge in [0.15, 0.2) is 0 Å². The molecule has 0 fully saturated rings. The van der Waals surface area contributed by atoms with Crippen molar-refractivity contribution in [2.24, 2.45) is 5.73 Å². The van der Waals surface area contributed by atoms with E-state index in [-0.39, 0.29) is 0 Å². The lowest BCUT2D eigenvalue weighted by atomic mass is 10.1. The molecule has 0 aliphatic rings. The molecule has 5 heteroatoms. The zero-order valence-corrected chi connectivity index (χ0v) is 14.0. The van der Waals surface area contributed by atoms with Crippen LogP contribution in [-0.2, 0) is 0 Å². The zero-order chi connectivity index (χ0) is 14.8. The third-order valence-corrected chi connectivity index (χ3v) is 4.04. The number of hydrogen-bond acceptors (Lipinski definition) is 3. The highest BCUT2D eigenvalue weighted by atomic mass is 127. The second kappa shape index (κ2) is 5.95. The third kappa shape index (κ3) is 3.14. The molecule has 3 aromatic rings. The summed E-state index contributed by atoms with van der Waals surface area (Å²) in [5.41, 5.74) is 8.52. The van der Waals surface area contributed by atoms with Crippen LogP contribution in [-0.4, -0.2) is 9.97 Å². The van der Waals surface area contributed by atoms with Crippen molar-refractivity contribution in [1.29, 1.82) is 0 Å². The number of nitrogens with two attached hydrogens (primary N) is 1. The molecule has 0 aliphatic heterocycles. The van der Waals surface area contributed by atoms with Crippen LogP contribution in [0.15, 0.2) is 54.6 Å². The fourth-order valence-electron chi connectivity index (χ4n) is 2.12. The minimum atomic E-state index is 0.374. The highest BCUT2D eigenvalue weighted by Crippen LogP contribution is 2.23. The van der Waals surface area contributed by atoms with Crippen molar-refractivity contribution in [2.75, 3.05) is 5.32 Å². The third-order valence-electron chi connectivity index (χ3n) is 3.10. The van der Waals surface area contributed by atoms with Crippen LogP contribution < -0.4 is 11.1 Å². The number of thiocarbonyl (C=S) groups is 1. The Balaban J connectivity index is 2.06. The highest BCUT2D eigenvalue weighted by Gasteiger charge is 2.08. The maximum absolute atomic E-state index is 5.84. The summed E-state index contributed by atoms with van der Waals surface area (Å²) in [6.45, 7) is 0. The van der Waals surface area contributed by atoms with Gasteiger partial charge < -0.3 is 11.1 Å². The first kappa shape index (κ1) is 14.2. The van der Waals surface area contributed by atoms with Gasteiger partial charge in [-0.15, -0.1) is 0 Å². The smallest absolute Gasteiger partial charge is 0.131 e. The maximum atomic E-state index is 5.84. The molecule has 1 aromatic heterocycles. The summed E-state index contributed by atoms with van der Waals surface area (Å²) < 4.78 is 1.19. The molecule has 0 aliphatic carbocycles. The lowest BCUT2D eigenvalue weighted by Gasteiger charge is -2.10. The van der Waals surface area contributed by atoms with Gasteiger partial charge in [-0.25, -0.2) is 4.98 Å². The molecule has 0 unspecified atom stereocenters. The highest BCUT2D eigenvalue weighted by molar-refractivity contribution is 14.1. The Hall–Kier alpha value is -1.73. The number of fused-ring (bicyclic) bond motifs is 1. The molecule has 2 aromatic carbocycles. The van der Waals surface area contributed by atoms with Crippen LogP contribution in [0.25, 0.3) is 10.9 Å². The van der Waals surface area contributed by atoms with Crippen molar-refractivity contribution in [3.8, 4) is 0 Å². The first-order valence-corrected chi connectivity index (χ1v) is 7.84. The Labute approximate surface area is 141 Å². The minimum Gasteiger partial charge on any atom is -0.389 e. The van der Waals surface area contributed by atoms with Crippen molar-refractivity contribution in [3.63, 3.8) is 0 Å². The summed E-state index contributed by atoms with van der Waals surface area (Å²) in [7, 11) is 0. The quantitative estimate of drug-likeness (QED) is 0.506. The number of anilines is 2. The van der Waals surface area contributed by atoms with E-state index in [1.807, 2.05) is 54.6 Å². The number of benzene rings is 2. The molecule has 0 radical (unpaired) electrons. The molecular formula is C16H12IN3S. The first-order valence-electron chi connectivity index (χ1n) is 6.36. The number of pyridine rings is 1. The maximum Gasteiger partial charge on any atom is 0.131 e. The van der Waals surface area contributed by atoms with E-state index >= 15 is 0 Å². The molecule has 0 spiro atoms. The lowest BCUT2D eigenvalue weighted by molar-refractivity contribution is 1.36. The van der Waals surface area contributed by atoms with E-state index in [1.165, 1.54) is 3.57 Å². The van der Waals surface area contributed by atoms with E-state index in [4.69, 9.17) is 18.0 Å². The van der Waals surface area contributed by atoms with Gasteiger partial charge in [0, 0.05) is 20.2 Å². The van der Waals surface area contributed by atoms with Crippen molar-refractivity contribution in [1.82, 2.24) is 4.98 Å².